The lowest BCUT2D eigenvalue weighted by atomic mass is 9.98. The summed E-state index contributed by atoms with van der Waals surface area (Å²) in [6.07, 6.45) is 3.73. The highest BCUT2D eigenvalue weighted by atomic mass is 15.0. The number of fused-ring (bicyclic) bond motifs is 13. The molecule has 5 aromatic carbocycles. The van der Waals surface area contributed by atoms with Gasteiger partial charge in [-0.25, -0.2) is 9.97 Å². The summed E-state index contributed by atoms with van der Waals surface area (Å²) in [6, 6.07) is 40.7. The quantitative estimate of drug-likeness (QED) is 0.211. The van der Waals surface area contributed by atoms with Crippen molar-refractivity contribution in [3.63, 3.8) is 0 Å². The number of aromatic nitrogens is 5. The number of hydrogen-bond donors (Lipinski definition) is 0. The Kier molecular flexibility index (Phi) is 4.12. The maximum absolute atomic E-state index is 5.33. The normalized spacial score (nSPS) is 12.3. The Morgan fingerprint density at radius 1 is 0.476 bits per heavy atom. The molecular weight excluding hydrogens is 514 g/mol. The summed E-state index contributed by atoms with van der Waals surface area (Å²) in [4.78, 5) is 14.9. The van der Waals surface area contributed by atoms with Gasteiger partial charge in [-0.1, -0.05) is 66.7 Å². The van der Waals surface area contributed by atoms with Crippen molar-refractivity contribution >= 4 is 54.6 Å². The van der Waals surface area contributed by atoms with E-state index < -0.39 is 0 Å². The molecule has 10 rings (SSSR count). The van der Waals surface area contributed by atoms with Gasteiger partial charge in [0.25, 0.3) is 0 Å². The van der Waals surface area contributed by atoms with Crippen molar-refractivity contribution in [2.45, 2.75) is 0 Å². The summed E-state index contributed by atoms with van der Waals surface area (Å²) < 4.78 is 4.82. The average Bonchev–Trinajstić information content (AvgIpc) is 3.53. The van der Waals surface area contributed by atoms with E-state index in [0.29, 0.717) is 0 Å². The highest BCUT2D eigenvalue weighted by Crippen LogP contribution is 2.50. The molecule has 0 unspecified atom stereocenters. The molecule has 0 fully saturated rings. The van der Waals surface area contributed by atoms with E-state index in [4.69, 9.17) is 9.97 Å². The predicted octanol–water partition coefficient (Wildman–Crippen LogP) is 8.87. The minimum atomic E-state index is 0.894. The Morgan fingerprint density at radius 3 is 1.88 bits per heavy atom. The van der Waals surface area contributed by atoms with Crippen molar-refractivity contribution < 1.29 is 0 Å². The van der Waals surface area contributed by atoms with E-state index >= 15 is 0 Å². The summed E-state index contributed by atoms with van der Waals surface area (Å²) in [5, 5.41) is 4.82. The zero-order valence-electron chi connectivity index (χ0n) is 22.4. The number of para-hydroxylation sites is 5. The average molecular weight is 536 g/mol. The lowest BCUT2D eigenvalue weighted by molar-refractivity contribution is 1.16. The van der Waals surface area contributed by atoms with E-state index in [1.165, 1.54) is 27.1 Å². The van der Waals surface area contributed by atoms with Gasteiger partial charge in [0.2, 0.25) is 0 Å². The third-order valence-corrected chi connectivity index (χ3v) is 8.72. The lowest BCUT2D eigenvalue weighted by Crippen LogP contribution is -1.96. The molecule has 5 heteroatoms. The van der Waals surface area contributed by atoms with Crippen LogP contribution in [0.15, 0.2) is 128 Å². The molecule has 1 aliphatic rings. The molecule has 0 amide bonds. The first-order chi connectivity index (χ1) is 20.9. The standard InChI is InChI=1S/C37H21N5/c1-6-14-30-23(9-1)26-21-27-35-34(39-28-12-4-5-13-29(28)40-35)25-11-3-8-16-32(25)42-31-15-7-2-10-24(31)33(37(27)42)36(26)41(30)22-17-19-38-20-18-22/h1-21H. The molecule has 0 saturated heterocycles. The summed E-state index contributed by atoms with van der Waals surface area (Å²) in [7, 11) is 0. The van der Waals surface area contributed by atoms with Crippen molar-refractivity contribution in [2.75, 3.05) is 0 Å². The van der Waals surface area contributed by atoms with Crippen LogP contribution in [0.5, 0.6) is 0 Å². The van der Waals surface area contributed by atoms with Crippen LogP contribution in [0.25, 0.3) is 88.5 Å². The maximum atomic E-state index is 5.33. The van der Waals surface area contributed by atoms with Crippen LogP contribution in [0.3, 0.4) is 0 Å². The van der Waals surface area contributed by atoms with E-state index in [1.54, 1.807) is 0 Å². The fourth-order valence-corrected chi connectivity index (χ4v) is 7.04. The van der Waals surface area contributed by atoms with Crippen LogP contribution in [0.1, 0.15) is 0 Å². The Labute approximate surface area is 240 Å². The van der Waals surface area contributed by atoms with Crippen LogP contribution < -0.4 is 0 Å². The summed E-state index contributed by atoms with van der Waals surface area (Å²) >= 11 is 0. The van der Waals surface area contributed by atoms with Crippen molar-refractivity contribution in [2.24, 2.45) is 0 Å². The van der Waals surface area contributed by atoms with E-state index in [0.717, 1.165) is 61.5 Å². The molecule has 0 radical (unpaired) electrons. The fraction of sp³-hybridized carbons (Fsp3) is 0. The van der Waals surface area contributed by atoms with Crippen LogP contribution in [0.2, 0.25) is 0 Å². The summed E-state index contributed by atoms with van der Waals surface area (Å²) in [5.74, 6) is 0. The van der Waals surface area contributed by atoms with Crippen molar-refractivity contribution in [1.29, 1.82) is 0 Å². The third kappa shape index (κ3) is 2.70. The van der Waals surface area contributed by atoms with Gasteiger partial charge in [0.1, 0.15) is 0 Å². The Morgan fingerprint density at radius 2 is 1.10 bits per heavy atom. The largest absolute Gasteiger partial charge is 0.308 e. The molecule has 0 atom stereocenters. The Balaban J connectivity index is 1.54. The van der Waals surface area contributed by atoms with E-state index in [1.807, 2.05) is 30.6 Å². The first-order valence-corrected chi connectivity index (χ1v) is 14.1. The molecule has 9 aromatic rings. The molecule has 5 nitrogen and oxygen atoms in total. The van der Waals surface area contributed by atoms with E-state index in [9.17, 15) is 0 Å². The van der Waals surface area contributed by atoms with Crippen LogP contribution in [-0.2, 0) is 0 Å². The number of pyridine rings is 1. The molecule has 4 aromatic heterocycles. The van der Waals surface area contributed by atoms with Crippen molar-refractivity contribution in [1.82, 2.24) is 24.1 Å². The molecular formula is C37H21N5. The number of benzene rings is 5. The van der Waals surface area contributed by atoms with Crippen LogP contribution in [-0.4, -0.2) is 24.1 Å². The van der Waals surface area contributed by atoms with Gasteiger partial charge < -0.3 is 9.13 Å². The molecule has 5 heterocycles. The summed E-state index contributed by atoms with van der Waals surface area (Å²) in [6.45, 7) is 0. The minimum Gasteiger partial charge on any atom is -0.308 e. The molecule has 0 spiro atoms. The van der Waals surface area contributed by atoms with Gasteiger partial charge in [-0.2, -0.15) is 0 Å². The van der Waals surface area contributed by atoms with Gasteiger partial charge in [0, 0.05) is 50.8 Å². The minimum absolute atomic E-state index is 0.894. The molecule has 42 heavy (non-hydrogen) atoms. The molecule has 0 aliphatic carbocycles. The monoisotopic (exact) mass is 535 g/mol. The summed E-state index contributed by atoms with van der Waals surface area (Å²) in [5.41, 5.74) is 12.7. The topological polar surface area (TPSA) is 48.5 Å². The van der Waals surface area contributed by atoms with E-state index in [-0.39, 0.29) is 0 Å². The van der Waals surface area contributed by atoms with Gasteiger partial charge in [-0.3, -0.25) is 4.98 Å². The second-order valence-electron chi connectivity index (χ2n) is 10.9. The van der Waals surface area contributed by atoms with Crippen LogP contribution in [0.4, 0.5) is 0 Å². The lowest BCUT2D eigenvalue weighted by Gasteiger charge is -2.12. The first kappa shape index (κ1) is 21.9. The van der Waals surface area contributed by atoms with Gasteiger partial charge in [-0.05, 0) is 48.5 Å². The smallest absolute Gasteiger partial charge is 0.0995 e. The highest BCUT2D eigenvalue weighted by Gasteiger charge is 2.30. The molecule has 0 saturated carbocycles. The van der Waals surface area contributed by atoms with Crippen molar-refractivity contribution in [3.8, 4) is 33.9 Å². The molecule has 0 N–H and O–H groups in total. The van der Waals surface area contributed by atoms with Gasteiger partial charge >= 0.3 is 0 Å². The highest BCUT2D eigenvalue weighted by molar-refractivity contribution is 6.30. The zero-order valence-corrected chi connectivity index (χ0v) is 22.4. The fourth-order valence-electron chi connectivity index (χ4n) is 7.04. The predicted molar refractivity (Wildman–Crippen MR) is 170 cm³/mol. The van der Waals surface area contributed by atoms with Crippen LogP contribution >= 0.6 is 0 Å². The second kappa shape index (κ2) is 7.89. The maximum Gasteiger partial charge on any atom is 0.0995 e. The SMILES string of the molecule is c1ccc2c(c1)-c1nc3ccccc3nc1-c1cc3c4ccccc4n(-c4ccncc4)c3c3c4ccccc4n-2c13. The third-order valence-electron chi connectivity index (χ3n) is 8.72. The van der Waals surface area contributed by atoms with Gasteiger partial charge in [0.05, 0.1) is 50.2 Å². The van der Waals surface area contributed by atoms with Gasteiger partial charge in [0.15, 0.2) is 0 Å². The van der Waals surface area contributed by atoms with Crippen molar-refractivity contribution in [3.05, 3.63) is 128 Å². The number of rotatable bonds is 1. The molecule has 0 bridgehead atoms. The number of hydrogen-bond acceptors (Lipinski definition) is 3. The number of nitrogens with zero attached hydrogens (tertiary/aromatic N) is 5. The first-order valence-electron chi connectivity index (χ1n) is 14.1. The van der Waals surface area contributed by atoms with E-state index in [2.05, 4.69) is 111 Å². The Hall–Kier alpha value is -5.81. The second-order valence-corrected chi connectivity index (χ2v) is 10.9. The molecule has 1 aliphatic heterocycles. The van der Waals surface area contributed by atoms with Crippen LogP contribution in [0, 0.1) is 0 Å². The Bertz CT molecular complexity index is 2570. The zero-order chi connectivity index (χ0) is 27.4. The molecule has 194 valence electrons. The van der Waals surface area contributed by atoms with Gasteiger partial charge in [-0.15, -0.1) is 0 Å².